The maximum Gasteiger partial charge on any atom is 0.225 e. The van der Waals surface area contributed by atoms with Gasteiger partial charge in [-0.2, -0.15) is 0 Å². The SMILES string of the molecule is c1cnc(N2CCOCC3(CCN(Cc4ccoc4)CC3)C2)nc1. The van der Waals surface area contributed by atoms with Gasteiger partial charge in [0, 0.05) is 43.0 Å². The van der Waals surface area contributed by atoms with Crippen LogP contribution in [0.3, 0.4) is 0 Å². The second-order valence-electron chi connectivity index (χ2n) is 6.93. The molecule has 0 unspecified atom stereocenters. The molecule has 2 aliphatic rings. The van der Waals surface area contributed by atoms with Crippen LogP contribution in [-0.4, -0.2) is 54.3 Å². The molecule has 2 aromatic rings. The Balaban J connectivity index is 1.41. The monoisotopic (exact) mass is 328 g/mol. The Morgan fingerprint density at radius 1 is 1.12 bits per heavy atom. The average Bonchev–Trinajstić information content (AvgIpc) is 3.05. The van der Waals surface area contributed by atoms with Gasteiger partial charge in [0.1, 0.15) is 0 Å². The van der Waals surface area contributed by atoms with Crippen LogP contribution in [0.25, 0.3) is 0 Å². The molecule has 0 saturated carbocycles. The first-order chi connectivity index (χ1) is 11.8. The van der Waals surface area contributed by atoms with Crippen LogP contribution in [0.5, 0.6) is 0 Å². The van der Waals surface area contributed by atoms with Gasteiger partial charge in [-0.15, -0.1) is 0 Å². The first kappa shape index (κ1) is 15.6. The van der Waals surface area contributed by atoms with Gasteiger partial charge in [0.2, 0.25) is 5.95 Å². The van der Waals surface area contributed by atoms with Crippen LogP contribution in [0.1, 0.15) is 18.4 Å². The zero-order valence-electron chi connectivity index (χ0n) is 13.9. The summed E-state index contributed by atoms with van der Waals surface area (Å²) >= 11 is 0. The summed E-state index contributed by atoms with van der Waals surface area (Å²) in [6.07, 6.45) is 9.51. The van der Waals surface area contributed by atoms with Crippen LogP contribution in [0.15, 0.2) is 41.5 Å². The Hall–Kier alpha value is -1.92. The Morgan fingerprint density at radius 2 is 1.96 bits per heavy atom. The topological polar surface area (TPSA) is 54.6 Å². The van der Waals surface area contributed by atoms with Crippen molar-refractivity contribution in [2.45, 2.75) is 19.4 Å². The van der Waals surface area contributed by atoms with Gasteiger partial charge >= 0.3 is 0 Å². The highest BCUT2D eigenvalue weighted by atomic mass is 16.5. The van der Waals surface area contributed by atoms with Crippen molar-refractivity contribution in [1.82, 2.24) is 14.9 Å². The van der Waals surface area contributed by atoms with E-state index < -0.39 is 0 Å². The highest BCUT2D eigenvalue weighted by Crippen LogP contribution is 2.35. The van der Waals surface area contributed by atoms with E-state index in [1.54, 1.807) is 6.26 Å². The van der Waals surface area contributed by atoms with Gasteiger partial charge in [0.25, 0.3) is 0 Å². The van der Waals surface area contributed by atoms with Crippen molar-refractivity contribution < 1.29 is 9.15 Å². The van der Waals surface area contributed by atoms with Crippen LogP contribution in [0, 0.1) is 5.41 Å². The van der Waals surface area contributed by atoms with Gasteiger partial charge in [-0.05, 0) is 38.1 Å². The average molecular weight is 328 g/mol. The quantitative estimate of drug-likeness (QED) is 0.861. The molecule has 0 amide bonds. The standard InChI is InChI=1S/C18H24N4O2/c1-5-19-17(20-6-1)22-9-11-24-15-18(14-22)3-7-21(8-4-18)12-16-2-10-23-13-16/h1-2,5-6,10,13H,3-4,7-9,11-12,14-15H2. The molecule has 0 bridgehead atoms. The van der Waals surface area contributed by atoms with Crippen molar-refractivity contribution in [1.29, 1.82) is 0 Å². The second kappa shape index (κ2) is 6.91. The molecule has 0 radical (unpaired) electrons. The molecule has 4 heterocycles. The number of rotatable bonds is 3. The zero-order chi connectivity index (χ0) is 16.2. The van der Waals surface area contributed by atoms with Gasteiger partial charge in [-0.25, -0.2) is 9.97 Å². The van der Waals surface area contributed by atoms with Crippen LogP contribution in [0.4, 0.5) is 5.95 Å². The van der Waals surface area contributed by atoms with E-state index in [1.165, 1.54) is 5.56 Å². The first-order valence-corrected chi connectivity index (χ1v) is 8.66. The first-order valence-electron chi connectivity index (χ1n) is 8.66. The van der Waals surface area contributed by atoms with Crippen molar-refractivity contribution in [3.63, 3.8) is 0 Å². The number of ether oxygens (including phenoxy) is 1. The van der Waals surface area contributed by atoms with E-state index in [0.717, 1.165) is 64.7 Å². The number of piperidine rings is 1. The summed E-state index contributed by atoms with van der Waals surface area (Å²) in [6, 6.07) is 3.91. The molecule has 0 aliphatic carbocycles. The van der Waals surface area contributed by atoms with E-state index in [2.05, 4.69) is 19.8 Å². The number of furan rings is 1. The number of nitrogens with zero attached hydrogens (tertiary/aromatic N) is 4. The predicted octanol–water partition coefficient (Wildman–Crippen LogP) is 2.19. The highest BCUT2D eigenvalue weighted by Gasteiger charge is 2.38. The summed E-state index contributed by atoms with van der Waals surface area (Å²) in [4.78, 5) is 13.6. The largest absolute Gasteiger partial charge is 0.472 e. The molecule has 1 spiro atoms. The molecule has 2 fully saturated rings. The number of likely N-dealkylation sites (tertiary alicyclic amines) is 1. The lowest BCUT2D eigenvalue weighted by atomic mass is 9.78. The van der Waals surface area contributed by atoms with E-state index in [4.69, 9.17) is 9.15 Å². The number of aromatic nitrogens is 2. The molecular formula is C18H24N4O2. The molecule has 6 nitrogen and oxygen atoms in total. The molecule has 2 aromatic heterocycles. The predicted molar refractivity (Wildman–Crippen MR) is 90.7 cm³/mol. The van der Waals surface area contributed by atoms with Crippen molar-refractivity contribution >= 4 is 5.95 Å². The number of hydrogen-bond donors (Lipinski definition) is 0. The molecule has 0 aromatic carbocycles. The third-order valence-corrected chi connectivity index (χ3v) is 5.18. The van der Waals surface area contributed by atoms with Gasteiger partial charge in [0.05, 0.1) is 25.7 Å². The molecule has 6 heteroatoms. The van der Waals surface area contributed by atoms with E-state index in [-0.39, 0.29) is 5.41 Å². The minimum atomic E-state index is 0.211. The van der Waals surface area contributed by atoms with E-state index >= 15 is 0 Å². The van der Waals surface area contributed by atoms with E-state index in [1.807, 2.05) is 30.8 Å². The lowest BCUT2D eigenvalue weighted by Gasteiger charge is -2.42. The molecule has 2 saturated heterocycles. The molecule has 0 N–H and O–H groups in total. The van der Waals surface area contributed by atoms with Crippen LogP contribution in [0.2, 0.25) is 0 Å². The van der Waals surface area contributed by atoms with Crippen molar-refractivity contribution in [2.75, 3.05) is 44.3 Å². The minimum absolute atomic E-state index is 0.211. The number of hydrogen-bond acceptors (Lipinski definition) is 6. The fraction of sp³-hybridized carbons (Fsp3) is 0.556. The fourth-order valence-electron chi connectivity index (χ4n) is 3.75. The Bertz CT molecular complexity index is 624. The molecule has 4 rings (SSSR count). The van der Waals surface area contributed by atoms with Gasteiger partial charge in [-0.1, -0.05) is 0 Å². The molecule has 2 aliphatic heterocycles. The summed E-state index contributed by atoms with van der Waals surface area (Å²) in [6.45, 7) is 6.60. The van der Waals surface area contributed by atoms with Gasteiger partial charge in [-0.3, -0.25) is 4.90 Å². The summed E-state index contributed by atoms with van der Waals surface area (Å²) < 4.78 is 11.1. The zero-order valence-corrected chi connectivity index (χ0v) is 13.9. The Labute approximate surface area is 142 Å². The van der Waals surface area contributed by atoms with Crippen molar-refractivity contribution in [3.05, 3.63) is 42.6 Å². The third-order valence-electron chi connectivity index (χ3n) is 5.18. The maximum absolute atomic E-state index is 5.95. The Kier molecular flexibility index (Phi) is 4.49. The third kappa shape index (κ3) is 3.44. The van der Waals surface area contributed by atoms with Gasteiger partial charge < -0.3 is 14.1 Å². The molecule has 0 atom stereocenters. The molecule has 24 heavy (non-hydrogen) atoms. The van der Waals surface area contributed by atoms with Crippen LogP contribution < -0.4 is 4.90 Å². The Morgan fingerprint density at radius 3 is 2.71 bits per heavy atom. The molecular weight excluding hydrogens is 304 g/mol. The second-order valence-corrected chi connectivity index (χ2v) is 6.93. The maximum atomic E-state index is 5.95. The summed E-state index contributed by atoms with van der Waals surface area (Å²) in [5.74, 6) is 0.822. The van der Waals surface area contributed by atoms with Crippen molar-refractivity contribution in [2.24, 2.45) is 5.41 Å². The number of anilines is 1. The smallest absolute Gasteiger partial charge is 0.225 e. The van der Waals surface area contributed by atoms with E-state index in [9.17, 15) is 0 Å². The fourth-order valence-corrected chi connectivity index (χ4v) is 3.75. The molecule has 128 valence electrons. The summed E-state index contributed by atoms with van der Waals surface area (Å²) in [5.41, 5.74) is 1.46. The van der Waals surface area contributed by atoms with Gasteiger partial charge in [0.15, 0.2) is 0 Å². The lowest BCUT2D eigenvalue weighted by molar-refractivity contribution is 0.0200. The minimum Gasteiger partial charge on any atom is -0.472 e. The van der Waals surface area contributed by atoms with E-state index in [0.29, 0.717) is 0 Å². The lowest BCUT2D eigenvalue weighted by Crippen LogP contribution is -2.47. The highest BCUT2D eigenvalue weighted by molar-refractivity contribution is 5.29. The van der Waals surface area contributed by atoms with Crippen LogP contribution >= 0.6 is 0 Å². The normalized spacial score (nSPS) is 21.8. The summed E-state index contributed by atoms with van der Waals surface area (Å²) in [7, 11) is 0. The van der Waals surface area contributed by atoms with Crippen LogP contribution in [-0.2, 0) is 11.3 Å². The van der Waals surface area contributed by atoms with Crippen molar-refractivity contribution in [3.8, 4) is 0 Å². The summed E-state index contributed by atoms with van der Waals surface area (Å²) in [5, 5.41) is 0.